The number of nitrogens with zero attached hydrogens (tertiary/aromatic N) is 1. The molecule has 0 spiro atoms. The van der Waals surface area contributed by atoms with Crippen LogP contribution in [-0.2, 0) is 16.1 Å². The van der Waals surface area contributed by atoms with Crippen LogP contribution in [0, 0.1) is 5.82 Å². The Morgan fingerprint density at radius 2 is 1.77 bits per heavy atom. The van der Waals surface area contributed by atoms with Gasteiger partial charge in [0, 0.05) is 18.0 Å². The average molecular weight is 374 g/mol. The Labute approximate surface area is 157 Å². The summed E-state index contributed by atoms with van der Waals surface area (Å²) in [5.74, 6) is -0.438. The predicted molar refractivity (Wildman–Crippen MR) is 102 cm³/mol. The monoisotopic (exact) mass is 374 g/mol. The summed E-state index contributed by atoms with van der Waals surface area (Å²) in [4.78, 5) is 27.6. The van der Waals surface area contributed by atoms with Crippen molar-refractivity contribution in [1.82, 2.24) is 10.2 Å². The molecule has 0 saturated heterocycles. The van der Waals surface area contributed by atoms with Gasteiger partial charge in [-0.25, -0.2) is 4.39 Å². The highest BCUT2D eigenvalue weighted by atomic mass is 32.2. The maximum atomic E-state index is 13.1. The van der Waals surface area contributed by atoms with Crippen molar-refractivity contribution in [2.24, 2.45) is 0 Å². The summed E-state index contributed by atoms with van der Waals surface area (Å²) < 4.78 is 13.1. The van der Waals surface area contributed by atoms with E-state index < -0.39 is 6.04 Å². The van der Waals surface area contributed by atoms with Crippen molar-refractivity contribution in [2.45, 2.75) is 31.3 Å². The van der Waals surface area contributed by atoms with Crippen molar-refractivity contribution in [1.29, 1.82) is 0 Å². The molecule has 2 aromatic carbocycles. The van der Waals surface area contributed by atoms with Crippen molar-refractivity contribution >= 4 is 23.6 Å². The van der Waals surface area contributed by atoms with Crippen LogP contribution in [0.15, 0.2) is 59.5 Å². The van der Waals surface area contributed by atoms with Crippen LogP contribution in [0.25, 0.3) is 0 Å². The zero-order valence-corrected chi connectivity index (χ0v) is 15.8. The molecular weight excluding hydrogens is 351 g/mol. The molecular formula is C20H23FN2O2S. The van der Waals surface area contributed by atoms with Gasteiger partial charge in [-0.1, -0.05) is 30.3 Å². The summed E-state index contributed by atoms with van der Waals surface area (Å²) in [6.07, 6.45) is 0. The molecule has 2 rings (SSSR count). The number of likely N-dealkylation sites (N-methyl/N-ethyl adjacent to an activating group) is 1. The van der Waals surface area contributed by atoms with Crippen LogP contribution < -0.4 is 5.32 Å². The van der Waals surface area contributed by atoms with Crippen LogP contribution in [0.5, 0.6) is 0 Å². The molecule has 1 atom stereocenters. The first-order valence-electron chi connectivity index (χ1n) is 8.50. The summed E-state index contributed by atoms with van der Waals surface area (Å²) in [6, 6.07) is 15.0. The Morgan fingerprint density at radius 1 is 1.12 bits per heavy atom. The largest absolute Gasteiger partial charge is 0.355 e. The molecule has 0 unspecified atom stereocenters. The van der Waals surface area contributed by atoms with Crippen LogP contribution >= 0.6 is 11.8 Å². The van der Waals surface area contributed by atoms with Gasteiger partial charge in [0.15, 0.2) is 0 Å². The van der Waals surface area contributed by atoms with Crippen molar-refractivity contribution < 1.29 is 14.0 Å². The summed E-state index contributed by atoms with van der Waals surface area (Å²) in [6.45, 7) is 4.30. The van der Waals surface area contributed by atoms with Crippen LogP contribution in [0.3, 0.4) is 0 Å². The molecule has 0 aromatic heterocycles. The SMILES string of the molecule is CCNC(=O)[C@H](C)N(Cc1ccc(F)cc1)C(=O)CSc1ccccc1. The average Bonchev–Trinajstić information content (AvgIpc) is 2.66. The molecule has 0 aliphatic rings. The fraction of sp³-hybridized carbons (Fsp3) is 0.300. The number of thioether (sulfide) groups is 1. The van der Waals surface area contributed by atoms with E-state index in [-0.39, 0.29) is 29.9 Å². The number of halogens is 1. The van der Waals surface area contributed by atoms with E-state index in [0.717, 1.165) is 10.5 Å². The topological polar surface area (TPSA) is 49.4 Å². The molecule has 4 nitrogen and oxygen atoms in total. The number of hydrogen-bond donors (Lipinski definition) is 1. The lowest BCUT2D eigenvalue weighted by molar-refractivity contribution is -0.138. The second kappa shape index (κ2) is 9.97. The third kappa shape index (κ3) is 5.88. The Bertz CT molecular complexity index is 722. The number of carbonyl (C=O) groups excluding carboxylic acids is 2. The van der Waals surface area contributed by atoms with E-state index in [1.54, 1.807) is 19.1 Å². The van der Waals surface area contributed by atoms with Gasteiger partial charge in [-0.15, -0.1) is 11.8 Å². The molecule has 1 N–H and O–H groups in total. The number of carbonyl (C=O) groups is 2. The lowest BCUT2D eigenvalue weighted by atomic mass is 10.1. The highest BCUT2D eigenvalue weighted by Crippen LogP contribution is 2.19. The van der Waals surface area contributed by atoms with Gasteiger partial charge in [0.1, 0.15) is 11.9 Å². The van der Waals surface area contributed by atoms with Crippen molar-refractivity contribution in [3.05, 3.63) is 66.0 Å². The minimum Gasteiger partial charge on any atom is -0.355 e. The van der Waals surface area contributed by atoms with Gasteiger partial charge in [0.05, 0.1) is 5.75 Å². The van der Waals surface area contributed by atoms with Gasteiger partial charge in [-0.3, -0.25) is 9.59 Å². The number of amides is 2. The zero-order valence-electron chi connectivity index (χ0n) is 14.9. The van der Waals surface area contributed by atoms with E-state index in [2.05, 4.69) is 5.32 Å². The molecule has 2 aromatic rings. The first kappa shape index (κ1) is 20.0. The first-order valence-corrected chi connectivity index (χ1v) is 9.49. The lowest BCUT2D eigenvalue weighted by Gasteiger charge is -2.28. The van der Waals surface area contributed by atoms with Crippen LogP contribution in [0.2, 0.25) is 0 Å². The molecule has 0 aliphatic heterocycles. The van der Waals surface area contributed by atoms with E-state index >= 15 is 0 Å². The van der Waals surface area contributed by atoms with Crippen molar-refractivity contribution in [3.8, 4) is 0 Å². The van der Waals surface area contributed by atoms with E-state index in [0.29, 0.717) is 6.54 Å². The minimum atomic E-state index is -0.608. The fourth-order valence-corrected chi connectivity index (χ4v) is 3.24. The van der Waals surface area contributed by atoms with E-state index in [4.69, 9.17) is 0 Å². The maximum absolute atomic E-state index is 13.1. The molecule has 0 radical (unpaired) electrons. The summed E-state index contributed by atoms with van der Waals surface area (Å²) >= 11 is 1.43. The molecule has 6 heteroatoms. The van der Waals surface area contributed by atoms with E-state index in [1.807, 2.05) is 37.3 Å². The third-order valence-corrected chi connectivity index (χ3v) is 4.89. The van der Waals surface area contributed by atoms with Crippen LogP contribution in [0.1, 0.15) is 19.4 Å². The quantitative estimate of drug-likeness (QED) is 0.720. The Balaban J connectivity index is 2.11. The second-order valence-electron chi connectivity index (χ2n) is 5.82. The fourth-order valence-electron chi connectivity index (χ4n) is 2.44. The van der Waals surface area contributed by atoms with Crippen molar-refractivity contribution in [2.75, 3.05) is 12.3 Å². The molecule has 0 heterocycles. The standard InChI is InChI=1S/C20H23FN2O2S/c1-3-22-20(25)15(2)23(13-16-9-11-17(21)12-10-16)19(24)14-26-18-7-5-4-6-8-18/h4-12,15H,3,13-14H2,1-2H3,(H,22,25)/t15-/m0/s1. The Hall–Kier alpha value is -2.34. The molecule has 2 amide bonds. The summed E-state index contributed by atoms with van der Waals surface area (Å²) in [7, 11) is 0. The van der Waals surface area contributed by atoms with Gasteiger partial charge in [0.2, 0.25) is 11.8 Å². The normalized spacial score (nSPS) is 11.7. The minimum absolute atomic E-state index is 0.137. The summed E-state index contributed by atoms with van der Waals surface area (Å²) in [5.41, 5.74) is 0.778. The smallest absolute Gasteiger partial charge is 0.242 e. The molecule has 138 valence electrons. The highest BCUT2D eigenvalue weighted by Gasteiger charge is 2.25. The molecule has 0 aliphatic carbocycles. The third-order valence-electron chi connectivity index (χ3n) is 3.89. The Morgan fingerprint density at radius 3 is 2.38 bits per heavy atom. The number of hydrogen-bond acceptors (Lipinski definition) is 3. The molecule has 26 heavy (non-hydrogen) atoms. The van der Waals surface area contributed by atoms with Gasteiger partial charge in [-0.05, 0) is 43.7 Å². The zero-order chi connectivity index (χ0) is 18.9. The molecule has 0 bridgehead atoms. The number of benzene rings is 2. The second-order valence-corrected chi connectivity index (χ2v) is 6.87. The number of rotatable bonds is 8. The maximum Gasteiger partial charge on any atom is 0.242 e. The molecule has 0 fully saturated rings. The van der Waals surface area contributed by atoms with Gasteiger partial charge in [0.25, 0.3) is 0 Å². The highest BCUT2D eigenvalue weighted by molar-refractivity contribution is 8.00. The van der Waals surface area contributed by atoms with E-state index in [9.17, 15) is 14.0 Å². The van der Waals surface area contributed by atoms with Gasteiger partial charge >= 0.3 is 0 Å². The van der Waals surface area contributed by atoms with Crippen LogP contribution in [-0.4, -0.2) is 35.1 Å². The van der Waals surface area contributed by atoms with Crippen molar-refractivity contribution in [3.63, 3.8) is 0 Å². The predicted octanol–water partition coefficient (Wildman–Crippen LogP) is 3.47. The Kier molecular flexibility index (Phi) is 7.66. The lowest BCUT2D eigenvalue weighted by Crippen LogP contribution is -2.48. The van der Waals surface area contributed by atoms with Gasteiger partial charge in [-0.2, -0.15) is 0 Å². The number of nitrogens with one attached hydrogen (secondary N) is 1. The summed E-state index contributed by atoms with van der Waals surface area (Å²) in [5, 5.41) is 2.75. The van der Waals surface area contributed by atoms with Crippen LogP contribution in [0.4, 0.5) is 4.39 Å². The molecule has 0 saturated carbocycles. The van der Waals surface area contributed by atoms with E-state index in [1.165, 1.54) is 28.8 Å². The first-order chi connectivity index (χ1) is 12.5. The van der Waals surface area contributed by atoms with Gasteiger partial charge < -0.3 is 10.2 Å².